The molecule has 6 heteroatoms. The van der Waals surface area contributed by atoms with Crippen LogP contribution in [0.4, 0.5) is 13.2 Å². The summed E-state index contributed by atoms with van der Waals surface area (Å²) in [7, 11) is 0. The predicted octanol–water partition coefficient (Wildman–Crippen LogP) is 2.69. The van der Waals surface area contributed by atoms with E-state index in [1.165, 1.54) is 18.2 Å². The molecule has 0 spiro atoms. The molecule has 1 aliphatic heterocycles. The van der Waals surface area contributed by atoms with Gasteiger partial charge in [-0.2, -0.15) is 13.2 Å². The van der Waals surface area contributed by atoms with Crippen LogP contribution in [0, 0.1) is 17.8 Å². The van der Waals surface area contributed by atoms with Crippen LogP contribution in [0.2, 0.25) is 0 Å². The van der Waals surface area contributed by atoms with Crippen molar-refractivity contribution in [1.82, 2.24) is 10.2 Å². The minimum atomic E-state index is -4.29. The summed E-state index contributed by atoms with van der Waals surface area (Å²) in [6.07, 6.45) is -3.03. The molecule has 1 saturated heterocycles. The number of nitrogens with one attached hydrogen (secondary N) is 1. The Hall–Kier alpha value is -1.82. The molecule has 0 radical (unpaired) electrons. The van der Waals surface area contributed by atoms with Crippen molar-refractivity contribution in [2.75, 3.05) is 19.6 Å². The number of fused-ring (bicyclic) bond motifs is 1. The van der Waals surface area contributed by atoms with Crippen molar-refractivity contribution in [3.8, 4) is 0 Å². The minimum Gasteiger partial charge on any atom is -0.352 e. The lowest BCUT2D eigenvalue weighted by molar-refractivity contribution is -0.137. The Balaban J connectivity index is 1.50. The Morgan fingerprint density at radius 2 is 2.04 bits per heavy atom. The molecule has 2 aliphatic rings. The van der Waals surface area contributed by atoms with Crippen molar-refractivity contribution in [2.45, 2.75) is 12.7 Å². The number of hydrogen-bond donors (Lipinski definition) is 1. The van der Waals surface area contributed by atoms with Gasteiger partial charge in [0.1, 0.15) is 0 Å². The third-order valence-electron chi connectivity index (χ3n) is 4.80. The maximum Gasteiger partial charge on any atom is 0.416 e. The normalized spacial score (nSPS) is 26.7. The van der Waals surface area contributed by atoms with Crippen LogP contribution in [0.1, 0.15) is 11.1 Å². The first-order chi connectivity index (χ1) is 10.9. The average molecular weight is 324 g/mol. The number of alkyl halides is 3. The molecule has 23 heavy (non-hydrogen) atoms. The molecule has 1 N–H and O–H groups in total. The van der Waals surface area contributed by atoms with Crippen LogP contribution >= 0.6 is 0 Å². The van der Waals surface area contributed by atoms with Crippen molar-refractivity contribution in [3.05, 3.63) is 48.0 Å². The molecule has 1 saturated carbocycles. The lowest BCUT2D eigenvalue weighted by Gasteiger charge is -2.20. The summed E-state index contributed by atoms with van der Waals surface area (Å²) < 4.78 is 38.2. The highest BCUT2D eigenvalue weighted by Gasteiger charge is 2.55. The molecule has 1 aromatic carbocycles. The Labute approximate surface area is 133 Å². The van der Waals surface area contributed by atoms with Crippen LogP contribution < -0.4 is 5.32 Å². The van der Waals surface area contributed by atoms with E-state index in [9.17, 15) is 18.0 Å². The number of nitrogens with zero attached hydrogens (tertiary/aromatic N) is 1. The Bertz CT molecular complexity index is 602. The summed E-state index contributed by atoms with van der Waals surface area (Å²) in [4.78, 5) is 13.3. The molecule has 1 heterocycles. The first-order valence-corrected chi connectivity index (χ1v) is 7.67. The molecule has 0 aromatic heterocycles. The molecule has 1 aromatic rings. The molecular weight excluding hydrogens is 305 g/mol. The number of piperidine rings is 1. The highest BCUT2D eigenvalue weighted by atomic mass is 19.4. The second-order valence-corrected chi connectivity index (χ2v) is 6.33. The molecule has 3 nitrogen and oxygen atoms in total. The lowest BCUT2D eigenvalue weighted by atomic mass is 10.1. The number of carbonyl (C=O) groups excluding carboxylic acids is 1. The van der Waals surface area contributed by atoms with Crippen LogP contribution in [0.3, 0.4) is 0 Å². The number of benzene rings is 1. The van der Waals surface area contributed by atoms with Gasteiger partial charge in [0, 0.05) is 26.2 Å². The van der Waals surface area contributed by atoms with E-state index < -0.39 is 11.7 Å². The van der Waals surface area contributed by atoms with Crippen molar-refractivity contribution < 1.29 is 18.0 Å². The monoisotopic (exact) mass is 324 g/mol. The second kappa shape index (κ2) is 6.00. The number of likely N-dealkylation sites (tertiary alicyclic amines) is 1. The number of hydrogen-bond acceptors (Lipinski definition) is 2. The van der Waals surface area contributed by atoms with Crippen molar-refractivity contribution in [1.29, 1.82) is 0 Å². The van der Waals surface area contributed by atoms with Gasteiger partial charge < -0.3 is 5.32 Å². The number of halogens is 3. The zero-order valence-electron chi connectivity index (χ0n) is 12.6. The summed E-state index contributed by atoms with van der Waals surface area (Å²) in [6, 6.07) is 5.53. The van der Waals surface area contributed by atoms with Crippen molar-refractivity contribution in [2.24, 2.45) is 17.8 Å². The van der Waals surface area contributed by atoms with E-state index in [-0.39, 0.29) is 5.91 Å². The second-order valence-electron chi connectivity index (χ2n) is 6.33. The highest BCUT2D eigenvalue weighted by Crippen LogP contribution is 2.51. The molecule has 2 fully saturated rings. The first-order valence-electron chi connectivity index (χ1n) is 7.67. The summed E-state index contributed by atoms with van der Waals surface area (Å²) in [5, 5.41) is 2.81. The van der Waals surface area contributed by atoms with E-state index in [0.29, 0.717) is 36.4 Å². The van der Waals surface area contributed by atoms with Gasteiger partial charge in [0.15, 0.2) is 0 Å². The van der Waals surface area contributed by atoms with Crippen LogP contribution in [0.25, 0.3) is 0 Å². The fourth-order valence-corrected chi connectivity index (χ4v) is 3.56. The van der Waals surface area contributed by atoms with Gasteiger partial charge >= 0.3 is 6.18 Å². The van der Waals surface area contributed by atoms with Crippen LogP contribution in [-0.4, -0.2) is 30.4 Å². The fourth-order valence-electron chi connectivity index (χ4n) is 3.56. The summed E-state index contributed by atoms with van der Waals surface area (Å²) in [6.45, 7) is 6.39. The molecular formula is C17H19F3N2O. The molecule has 124 valence electrons. The average Bonchev–Trinajstić information content (AvgIpc) is 2.96. The van der Waals surface area contributed by atoms with Crippen LogP contribution in [-0.2, 0) is 17.5 Å². The fraction of sp³-hybridized carbons (Fsp3) is 0.471. The van der Waals surface area contributed by atoms with E-state index >= 15 is 0 Å². The third-order valence-corrected chi connectivity index (χ3v) is 4.80. The quantitative estimate of drug-likeness (QED) is 0.845. The Morgan fingerprint density at radius 3 is 2.65 bits per heavy atom. The first kappa shape index (κ1) is 16.1. The minimum absolute atomic E-state index is 0.157. The molecule has 1 aliphatic carbocycles. The van der Waals surface area contributed by atoms with Gasteiger partial charge in [0.05, 0.1) is 5.56 Å². The topological polar surface area (TPSA) is 32.3 Å². The largest absolute Gasteiger partial charge is 0.416 e. The number of carbonyl (C=O) groups is 1. The predicted molar refractivity (Wildman–Crippen MR) is 80.4 cm³/mol. The van der Waals surface area contributed by atoms with Crippen LogP contribution in [0.5, 0.6) is 0 Å². The highest BCUT2D eigenvalue weighted by molar-refractivity contribution is 5.86. The Morgan fingerprint density at radius 1 is 1.35 bits per heavy atom. The molecule has 1 amide bonds. The lowest BCUT2D eigenvalue weighted by Crippen LogP contribution is -2.29. The van der Waals surface area contributed by atoms with Gasteiger partial charge in [-0.3, -0.25) is 9.69 Å². The van der Waals surface area contributed by atoms with E-state index in [1.54, 1.807) is 6.07 Å². The zero-order valence-corrected chi connectivity index (χ0v) is 12.6. The SMILES string of the molecule is C=CC(=O)NCC1[C@H]2CN(Cc3cccc(C(F)(F)F)c3)C[C@@H]12. The van der Waals surface area contributed by atoms with Gasteiger partial charge in [0.2, 0.25) is 5.91 Å². The third kappa shape index (κ3) is 3.58. The van der Waals surface area contributed by atoms with E-state index in [2.05, 4.69) is 16.8 Å². The van der Waals surface area contributed by atoms with Crippen molar-refractivity contribution >= 4 is 5.91 Å². The van der Waals surface area contributed by atoms with E-state index in [4.69, 9.17) is 0 Å². The standard InChI is InChI=1S/C17H19F3N2O/c1-2-16(23)21-7-13-14-9-22(10-15(13)14)8-11-4-3-5-12(6-11)17(18,19)20/h2-6,13-15H,1,7-10H2,(H,21,23)/t13?,14-,15+. The van der Waals surface area contributed by atoms with Gasteiger partial charge in [-0.05, 0) is 35.5 Å². The summed E-state index contributed by atoms with van der Waals surface area (Å²) in [5.74, 6) is 1.43. The molecule has 3 rings (SSSR count). The maximum absolute atomic E-state index is 12.7. The van der Waals surface area contributed by atoms with Gasteiger partial charge in [0.25, 0.3) is 0 Å². The molecule has 1 unspecified atom stereocenters. The maximum atomic E-state index is 12.7. The summed E-state index contributed by atoms with van der Waals surface area (Å²) >= 11 is 0. The Kier molecular flexibility index (Phi) is 4.19. The number of rotatable bonds is 5. The van der Waals surface area contributed by atoms with E-state index in [1.807, 2.05) is 0 Å². The van der Waals surface area contributed by atoms with Gasteiger partial charge in [-0.1, -0.05) is 24.8 Å². The van der Waals surface area contributed by atoms with Crippen LogP contribution in [0.15, 0.2) is 36.9 Å². The van der Waals surface area contributed by atoms with Gasteiger partial charge in [-0.15, -0.1) is 0 Å². The van der Waals surface area contributed by atoms with E-state index in [0.717, 1.165) is 19.2 Å². The smallest absolute Gasteiger partial charge is 0.352 e. The summed E-state index contributed by atoms with van der Waals surface area (Å²) in [5.41, 5.74) is 0.0991. The molecule has 0 bridgehead atoms. The van der Waals surface area contributed by atoms with Crippen molar-refractivity contribution in [3.63, 3.8) is 0 Å². The van der Waals surface area contributed by atoms with Gasteiger partial charge in [-0.25, -0.2) is 0 Å². The zero-order chi connectivity index (χ0) is 16.6. The number of amides is 1. The molecule has 3 atom stereocenters.